The van der Waals surface area contributed by atoms with E-state index < -0.39 is 0 Å². The fourth-order valence-corrected chi connectivity index (χ4v) is 2.66. The maximum atomic E-state index is 12.3. The van der Waals surface area contributed by atoms with Crippen molar-refractivity contribution in [2.24, 2.45) is 0 Å². The molecule has 0 aliphatic carbocycles. The average molecular weight is 370 g/mol. The lowest BCUT2D eigenvalue weighted by atomic mass is 10.1. The molecule has 2 heterocycles. The first-order chi connectivity index (χ1) is 13.2. The van der Waals surface area contributed by atoms with Gasteiger partial charge in [-0.1, -0.05) is 0 Å². The van der Waals surface area contributed by atoms with E-state index in [1.54, 1.807) is 43.3 Å². The summed E-state index contributed by atoms with van der Waals surface area (Å²) in [5.41, 5.74) is 1.44. The summed E-state index contributed by atoms with van der Waals surface area (Å²) in [5, 5.41) is 2.77. The van der Waals surface area contributed by atoms with Gasteiger partial charge in [-0.2, -0.15) is 0 Å². The normalized spacial score (nSPS) is 14.4. The molecule has 0 spiro atoms. The van der Waals surface area contributed by atoms with E-state index in [9.17, 15) is 9.59 Å². The zero-order valence-electron chi connectivity index (χ0n) is 15.1. The summed E-state index contributed by atoms with van der Waals surface area (Å²) in [5.74, 6) is -0.180. The van der Waals surface area contributed by atoms with Crippen molar-refractivity contribution in [3.63, 3.8) is 0 Å². The largest absolute Gasteiger partial charge is 0.474 e. The fourth-order valence-electron chi connectivity index (χ4n) is 2.66. The summed E-state index contributed by atoms with van der Waals surface area (Å²) in [6, 6.07) is 9.88. The van der Waals surface area contributed by atoms with Gasteiger partial charge in [0.2, 0.25) is 5.88 Å². The van der Waals surface area contributed by atoms with Crippen LogP contribution in [0, 0.1) is 0 Å². The Morgan fingerprint density at radius 1 is 1.11 bits per heavy atom. The fraction of sp³-hybridized carbons (Fsp3) is 0.350. The first kappa shape index (κ1) is 18.8. The van der Waals surface area contributed by atoms with E-state index in [0.29, 0.717) is 42.5 Å². The molecule has 1 aliphatic rings. The number of amides is 1. The van der Waals surface area contributed by atoms with Crippen LogP contribution in [0.4, 0.5) is 5.69 Å². The molecule has 0 bridgehead atoms. The molecule has 2 aromatic rings. The molecule has 1 saturated heterocycles. The molecule has 0 saturated carbocycles. The quantitative estimate of drug-likeness (QED) is 0.787. The lowest BCUT2D eigenvalue weighted by Crippen LogP contribution is -2.26. The second kappa shape index (κ2) is 9.14. The van der Waals surface area contributed by atoms with Crippen LogP contribution in [0.3, 0.4) is 0 Å². The van der Waals surface area contributed by atoms with Crippen LogP contribution in [0.25, 0.3) is 0 Å². The van der Waals surface area contributed by atoms with E-state index in [0.717, 1.165) is 12.8 Å². The first-order valence-electron chi connectivity index (χ1n) is 8.94. The third-order valence-corrected chi connectivity index (χ3v) is 4.11. The zero-order chi connectivity index (χ0) is 19.1. The van der Waals surface area contributed by atoms with Crippen molar-refractivity contribution in [3.8, 4) is 5.88 Å². The summed E-state index contributed by atoms with van der Waals surface area (Å²) < 4.78 is 16.0. The van der Waals surface area contributed by atoms with Crippen molar-refractivity contribution in [2.75, 3.05) is 25.1 Å². The van der Waals surface area contributed by atoms with Crippen LogP contribution in [-0.4, -0.2) is 42.8 Å². The summed E-state index contributed by atoms with van der Waals surface area (Å²) >= 11 is 0. The van der Waals surface area contributed by atoms with Gasteiger partial charge in [0.15, 0.2) is 0 Å². The molecule has 1 aromatic carbocycles. The van der Waals surface area contributed by atoms with Crippen molar-refractivity contribution in [2.45, 2.75) is 25.9 Å². The van der Waals surface area contributed by atoms with Crippen LogP contribution >= 0.6 is 0 Å². The number of benzene rings is 1. The van der Waals surface area contributed by atoms with Crippen LogP contribution < -0.4 is 10.1 Å². The Morgan fingerprint density at radius 3 is 2.44 bits per heavy atom. The van der Waals surface area contributed by atoms with Gasteiger partial charge in [0.05, 0.1) is 30.9 Å². The number of rotatable bonds is 6. The summed E-state index contributed by atoms with van der Waals surface area (Å²) in [7, 11) is 0. The Hall–Kier alpha value is -2.93. The van der Waals surface area contributed by atoms with Crippen LogP contribution in [0.15, 0.2) is 42.6 Å². The molecule has 1 N–H and O–H groups in total. The predicted molar refractivity (Wildman–Crippen MR) is 99.1 cm³/mol. The molecule has 7 nitrogen and oxygen atoms in total. The summed E-state index contributed by atoms with van der Waals surface area (Å²) in [6.07, 6.45) is 3.26. The molecule has 1 fully saturated rings. The van der Waals surface area contributed by atoms with E-state index in [4.69, 9.17) is 14.2 Å². The third kappa shape index (κ3) is 5.27. The standard InChI is InChI=1S/C20H22N2O5/c1-2-26-20(24)14-3-6-16(7-4-14)22-19(23)15-5-8-18(21-13-15)27-17-9-11-25-12-10-17/h3-8,13,17H,2,9-12H2,1H3,(H,22,23). The lowest BCUT2D eigenvalue weighted by Gasteiger charge is -2.22. The van der Waals surface area contributed by atoms with E-state index in [1.165, 1.54) is 6.20 Å². The summed E-state index contributed by atoms with van der Waals surface area (Å²) in [4.78, 5) is 28.2. The summed E-state index contributed by atoms with van der Waals surface area (Å²) in [6.45, 7) is 3.46. The molecule has 0 radical (unpaired) electrons. The molecule has 0 atom stereocenters. The number of nitrogens with one attached hydrogen (secondary N) is 1. The number of hydrogen-bond acceptors (Lipinski definition) is 6. The molecule has 1 amide bonds. The Balaban J connectivity index is 1.56. The molecule has 3 rings (SSSR count). The third-order valence-electron chi connectivity index (χ3n) is 4.11. The van der Waals surface area contributed by atoms with Crippen molar-refractivity contribution < 1.29 is 23.8 Å². The van der Waals surface area contributed by atoms with Gasteiger partial charge in [-0.25, -0.2) is 9.78 Å². The number of carbonyl (C=O) groups excluding carboxylic acids is 2. The van der Waals surface area contributed by atoms with Crippen molar-refractivity contribution in [1.29, 1.82) is 0 Å². The van der Waals surface area contributed by atoms with Gasteiger partial charge in [0.25, 0.3) is 5.91 Å². The molecule has 1 aromatic heterocycles. The van der Waals surface area contributed by atoms with Crippen LogP contribution in [-0.2, 0) is 9.47 Å². The number of carbonyl (C=O) groups is 2. The maximum Gasteiger partial charge on any atom is 0.338 e. The van der Waals surface area contributed by atoms with Crippen LogP contribution in [0.1, 0.15) is 40.5 Å². The van der Waals surface area contributed by atoms with Gasteiger partial charge >= 0.3 is 5.97 Å². The number of nitrogens with zero attached hydrogens (tertiary/aromatic N) is 1. The minimum absolute atomic E-state index is 0.101. The number of aromatic nitrogens is 1. The molecule has 142 valence electrons. The highest BCUT2D eigenvalue weighted by atomic mass is 16.5. The first-order valence-corrected chi connectivity index (χ1v) is 8.94. The average Bonchev–Trinajstić information content (AvgIpc) is 2.70. The molecule has 27 heavy (non-hydrogen) atoms. The second-order valence-electron chi connectivity index (χ2n) is 6.07. The molecular formula is C20H22N2O5. The van der Waals surface area contributed by atoms with Gasteiger partial charge < -0.3 is 19.5 Å². The van der Waals surface area contributed by atoms with Gasteiger partial charge in [0.1, 0.15) is 6.10 Å². The van der Waals surface area contributed by atoms with Crippen molar-refractivity contribution in [3.05, 3.63) is 53.7 Å². The van der Waals surface area contributed by atoms with E-state index in [1.807, 2.05) is 0 Å². The molecular weight excluding hydrogens is 348 g/mol. The number of ether oxygens (including phenoxy) is 3. The highest BCUT2D eigenvalue weighted by Crippen LogP contribution is 2.17. The maximum absolute atomic E-state index is 12.3. The van der Waals surface area contributed by atoms with Gasteiger partial charge in [0, 0.05) is 30.8 Å². The Morgan fingerprint density at radius 2 is 1.81 bits per heavy atom. The lowest BCUT2D eigenvalue weighted by molar-refractivity contribution is 0.0237. The highest BCUT2D eigenvalue weighted by Gasteiger charge is 2.16. The van der Waals surface area contributed by atoms with Crippen LogP contribution in [0.2, 0.25) is 0 Å². The molecule has 7 heteroatoms. The minimum Gasteiger partial charge on any atom is -0.474 e. The number of anilines is 1. The van der Waals surface area contributed by atoms with Gasteiger partial charge in [-0.05, 0) is 37.3 Å². The molecule has 0 unspecified atom stereocenters. The molecule has 1 aliphatic heterocycles. The SMILES string of the molecule is CCOC(=O)c1ccc(NC(=O)c2ccc(OC3CCOCC3)nc2)cc1. The number of esters is 1. The monoisotopic (exact) mass is 370 g/mol. The topological polar surface area (TPSA) is 86.8 Å². The van der Waals surface area contributed by atoms with Gasteiger partial charge in [-0.15, -0.1) is 0 Å². The number of hydrogen-bond donors (Lipinski definition) is 1. The Kier molecular flexibility index (Phi) is 6.38. The van der Waals surface area contributed by atoms with E-state index in [2.05, 4.69) is 10.3 Å². The zero-order valence-corrected chi connectivity index (χ0v) is 15.1. The van der Waals surface area contributed by atoms with Crippen molar-refractivity contribution >= 4 is 17.6 Å². The van der Waals surface area contributed by atoms with Gasteiger partial charge in [-0.3, -0.25) is 4.79 Å². The van der Waals surface area contributed by atoms with Crippen molar-refractivity contribution in [1.82, 2.24) is 4.98 Å². The smallest absolute Gasteiger partial charge is 0.338 e. The van der Waals surface area contributed by atoms with E-state index >= 15 is 0 Å². The predicted octanol–water partition coefficient (Wildman–Crippen LogP) is 3.07. The van der Waals surface area contributed by atoms with Crippen LogP contribution in [0.5, 0.6) is 5.88 Å². The van der Waals surface area contributed by atoms with E-state index in [-0.39, 0.29) is 18.0 Å². The minimum atomic E-state index is -0.389. The Labute approximate surface area is 157 Å². The Bertz CT molecular complexity index is 768. The second-order valence-corrected chi connectivity index (χ2v) is 6.07. The highest BCUT2D eigenvalue weighted by molar-refractivity contribution is 6.04. The number of pyridine rings is 1.